The average Bonchev–Trinajstić information content (AvgIpc) is 3.14. The first-order chi connectivity index (χ1) is 15.3. The van der Waals surface area contributed by atoms with E-state index in [0.29, 0.717) is 23.4 Å². The van der Waals surface area contributed by atoms with E-state index in [1.165, 1.54) is 10.2 Å². The summed E-state index contributed by atoms with van der Waals surface area (Å²) in [4.78, 5) is 11.0. The molecule has 0 fully saturated rings. The lowest BCUT2D eigenvalue weighted by atomic mass is 10.1. The summed E-state index contributed by atoms with van der Waals surface area (Å²) >= 11 is 0. The maximum Gasteiger partial charge on any atom is 0.303 e. The fraction of sp³-hybridized carbons (Fsp3) is 0.480. The average molecular weight is 466 g/mol. The molecule has 1 N–H and O–H groups in total. The van der Waals surface area contributed by atoms with Gasteiger partial charge in [-0.1, -0.05) is 58.4 Å². The van der Waals surface area contributed by atoms with Crippen LogP contribution >= 0.6 is 0 Å². The Hall–Kier alpha value is -2.54. The van der Waals surface area contributed by atoms with Crippen LogP contribution in [-0.4, -0.2) is 35.8 Å². The largest absolute Gasteiger partial charge is 0.494 e. The number of carboxylic acids is 1. The van der Waals surface area contributed by atoms with Gasteiger partial charge in [-0.3, -0.25) is 4.79 Å². The lowest BCUT2D eigenvalue weighted by Gasteiger charge is -2.07. The van der Waals surface area contributed by atoms with E-state index in [9.17, 15) is 13.2 Å². The van der Waals surface area contributed by atoms with Gasteiger partial charge < -0.3 is 9.84 Å². The van der Waals surface area contributed by atoms with Crippen molar-refractivity contribution >= 4 is 26.9 Å². The zero-order chi connectivity index (χ0) is 24.7. The van der Waals surface area contributed by atoms with Crippen molar-refractivity contribution in [2.75, 3.05) is 12.4 Å². The number of benzene rings is 1. The summed E-state index contributed by atoms with van der Waals surface area (Å²) in [6.45, 7) is 14.3. The summed E-state index contributed by atoms with van der Waals surface area (Å²) < 4.78 is 32.6. The molecule has 0 unspecified atom stereocenters. The van der Waals surface area contributed by atoms with Gasteiger partial charge >= 0.3 is 5.97 Å². The minimum atomic E-state index is -3.65. The number of allylic oxidation sites excluding steroid dienone is 3. The number of hydrogen-bond acceptors (Lipinski definition) is 4. The number of ether oxygens (including phenoxy) is 1. The topological polar surface area (TPSA) is 85.6 Å². The van der Waals surface area contributed by atoms with Gasteiger partial charge in [-0.15, -0.1) is 0 Å². The first kappa shape index (κ1) is 29.5. The van der Waals surface area contributed by atoms with Crippen LogP contribution in [0.1, 0.15) is 66.9 Å². The van der Waals surface area contributed by atoms with Gasteiger partial charge in [0.2, 0.25) is 10.0 Å². The van der Waals surface area contributed by atoms with Crippen LogP contribution in [0.2, 0.25) is 0 Å². The molecule has 0 bridgehead atoms. The summed E-state index contributed by atoms with van der Waals surface area (Å²) in [6, 6.07) is 5.24. The van der Waals surface area contributed by atoms with E-state index < -0.39 is 16.0 Å². The molecule has 0 saturated carbocycles. The number of carbonyl (C=O) groups is 1. The summed E-state index contributed by atoms with van der Waals surface area (Å²) in [7, 11) is -3.65. The van der Waals surface area contributed by atoms with Gasteiger partial charge in [-0.05, 0) is 44.4 Å². The lowest BCUT2D eigenvalue weighted by Crippen LogP contribution is -2.14. The highest BCUT2D eigenvalue weighted by atomic mass is 32.2. The molecule has 180 valence electrons. The van der Waals surface area contributed by atoms with Crippen molar-refractivity contribution in [1.82, 2.24) is 3.97 Å². The summed E-state index contributed by atoms with van der Waals surface area (Å²) in [6.07, 6.45) is 8.06. The van der Waals surface area contributed by atoms with Crippen molar-refractivity contribution in [3.63, 3.8) is 0 Å². The van der Waals surface area contributed by atoms with Gasteiger partial charge in [0.1, 0.15) is 5.75 Å². The predicted octanol–water partition coefficient (Wildman–Crippen LogP) is 6.20. The minimum Gasteiger partial charge on any atom is -0.494 e. The van der Waals surface area contributed by atoms with Crippen LogP contribution < -0.4 is 4.74 Å². The molecule has 1 aromatic carbocycles. The molecule has 0 aliphatic carbocycles. The monoisotopic (exact) mass is 465 g/mol. The number of carboxylic acid groups (broad SMARTS) is 1. The molecule has 0 amide bonds. The Kier molecular flexibility index (Phi) is 14.1. The second kappa shape index (κ2) is 15.3. The fourth-order valence-corrected chi connectivity index (χ4v) is 4.24. The smallest absolute Gasteiger partial charge is 0.303 e. The first-order valence-electron chi connectivity index (χ1n) is 11.3. The van der Waals surface area contributed by atoms with Crippen molar-refractivity contribution in [3.05, 3.63) is 53.8 Å². The normalized spacial score (nSPS) is 11.5. The Bertz CT molecular complexity index is 1000. The van der Waals surface area contributed by atoms with Gasteiger partial charge in [0.25, 0.3) is 0 Å². The number of aliphatic carboxylic acids is 1. The lowest BCUT2D eigenvalue weighted by molar-refractivity contribution is -0.136. The van der Waals surface area contributed by atoms with Crippen molar-refractivity contribution in [3.8, 4) is 5.75 Å². The summed E-state index contributed by atoms with van der Waals surface area (Å²) in [5.41, 5.74) is 2.20. The van der Waals surface area contributed by atoms with Gasteiger partial charge in [-0.2, -0.15) is 0 Å². The van der Waals surface area contributed by atoms with Crippen LogP contribution in [0.3, 0.4) is 0 Å². The van der Waals surface area contributed by atoms with Gasteiger partial charge in [0, 0.05) is 24.1 Å². The van der Waals surface area contributed by atoms with Crippen molar-refractivity contribution in [2.45, 2.75) is 67.7 Å². The molecule has 0 atom stereocenters. The number of nitrogens with zero attached hydrogens (tertiary/aromatic N) is 1. The van der Waals surface area contributed by atoms with Crippen LogP contribution in [0.15, 0.2) is 48.2 Å². The number of aromatic nitrogens is 1. The zero-order valence-electron chi connectivity index (χ0n) is 20.5. The van der Waals surface area contributed by atoms with E-state index in [4.69, 9.17) is 9.84 Å². The molecule has 32 heavy (non-hydrogen) atoms. The molecule has 7 heteroatoms. The van der Waals surface area contributed by atoms with Crippen molar-refractivity contribution in [2.24, 2.45) is 0 Å². The third kappa shape index (κ3) is 8.91. The predicted molar refractivity (Wildman–Crippen MR) is 134 cm³/mol. The highest BCUT2D eigenvalue weighted by molar-refractivity contribution is 7.90. The van der Waals surface area contributed by atoms with E-state index in [1.54, 1.807) is 30.4 Å². The molecule has 2 aromatic rings. The number of rotatable bonds is 10. The molecule has 0 radical (unpaired) electrons. The molecule has 1 aromatic heterocycles. The van der Waals surface area contributed by atoms with Crippen LogP contribution in [0.4, 0.5) is 0 Å². The summed E-state index contributed by atoms with van der Waals surface area (Å²) in [5, 5.41) is 9.70. The van der Waals surface area contributed by atoms with E-state index >= 15 is 0 Å². The van der Waals surface area contributed by atoms with Crippen molar-refractivity contribution < 1.29 is 23.1 Å². The maximum atomic E-state index is 12.9. The third-order valence-electron chi connectivity index (χ3n) is 4.26. The number of fused-ring (bicyclic) bond motifs is 1. The molecular weight excluding hydrogens is 426 g/mol. The van der Waals surface area contributed by atoms with Crippen LogP contribution in [-0.2, 0) is 21.2 Å². The highest BCUT2D eigenvalue weighted by Crippen LogP contribution is 2.28. The van der Waals surface area contributed by atoms with E-state index in [2.05, 4.69) is 0 Å². The van der Waals surface area contributed by atoms with E-state index in [-0.39, 0.29) is 18.6 Å². The quantitative estimate of drug-likeness (QED) is 0.422. The minimum absolute atomic E-state index is 0.0622. The number of hydrogen-bond donors (Lipinski definition) is 1. The Balaban J connectivity index is 0.00000227. The third-order valence-corrected chi connectivity index (χ3v) is 5.77. The standard InChI is InChI=1S/C21H27NO5S.2C2H6/c1-4-7-16(3)8-6-13-28(25,26)22-15-17(9-12-21(23)24)19-11-10-18(27-5-2)14-20(19)22;2*1-2/h6-8,10-11,14-15H,4-5,9,12-13H2,1-3H3,(H,23,24);2*1-2H3/b8-6-,16-7-;;. The fourth-order valence-electron chi connectivity index (χ4n) is 3.00. The molecule has 0 saturated heterocycles. The zero-order valence-corrected chi connectivity index (χ0v) is 21.3. The van der Waals surface area contributed by atoms with Gasteiger partial charge in [0.15, 0.2) is 0 Å². The number of aryl methyl sites for hydroxylation is 1. The summed E-state index contributed by atoms with van der Waals surface area (Å²) in [5.74, 6) is -0.495. The van der Waals surface area contributed by atoms with Crippen molar-refractivity contribution in [1.29, 1.82) is 0 Å². The Morgan fingerprint density at radius 3 is 2.38 bits per heavy atom. The molecule has 6 nitrogen and oxygen atoms in total. The SMILES string of the molecule is CC.CC.CC/C=C(C)\C=C/CS(=O)(=O)n1cc(CCC(=O)O)c2ccc(OCC)cc21. The molecular formula is C25H39NO5S. The van der Waals surface area contributed by atoms with Crippen LogP contribution in [0.5, 0.6) is 5.75 Å². The molecule has 0 aliphatic rings. The second-order valence-corrected chi connectivity index (χ2v) is 8.38. The molecule has 0 spiro atoms. The second-order valence-electron chi connectivity index (χ2n) is 6.49. The first-order valence-corrected chi connectivity index (χ1v) is 12.9. The van der Waals surface area contributed by atoms with Gasteiger partial charge in [0.05, 0.1) is 17.9 Å². The molecule has 0 aliphatic heterocycles. The van der Waals surface area contributed by atoms with Crippen LogP contribution in [0.25, 0.3) is 10.9 Å². The Morgan fingerprint density at radius 1 is 1.16 bits per heavy atom. The highest BCUT2D eigenvalue weighted by Gasteiger charge is 2.19. The van der Waals surface area contributed by atoms with Gasteiger partial charge in [-0.25, -0.2) is 12.4 Å². The maximum absolute atomic E-state index is 12.9. The van der Waals surface area contributed by atoms with E-state index in [1.807, 2.05) is 54.5 Å². The van der Waals surface area contributed by atoms with Crippen LogP contribution in [0, 0.1) is 0 Å². The Morgan fingerprint density at radius 2 is 1.81 bits per heavy atom. The molecule has 2 rings (SSSR count). The molecule has 1 heterocycles. The Labute approximate surface area is 193 Å². The van der Waals surface area contributed by atoms with E-state index in [0.717, 1.165) is 17.4 Å².